The molecule has 0 N–H and O–H groups in total. The Hall–Kier alpha value is -1.93. The standard InChI is InChI=1S/C19H31N5O3/c1-21-6-8-22(9-7-21)18(25)12-16-4-3-5-23(15-16)17-13-19(26)24(20-14-17)10-11-27-2/h13-14,16H,3-12,15H2,1-2H3. The van der Waals surface area contributed by atoms with Crippen molar-refractivity contribution in [3.63, 3.8) is 0 Å². The molecule has 1 unspecified atom stereocenters. The predicted molar refractivity (Wildman–Crippen MR) is 104 cm³/mol. The number of carbonyl (C=O) groups excluding carboxylic acids is 1. The van der Waals surface area contributed by atoms with Crippen molar-refractivity contribution < 1.29 is 9.53 Å². The number of carbonyl (C=O) groups is 1. The maximum Gasteiger partial charge on any atom is 0.268 e. The van der Waals surface area contributed by atoms with Crippen LogP contribution >= 0.6 is 0 Å². The Balaban J connectivity index is 1.56. The molecule has 8 heteroatoms. The summed E-state index contributed by atoms with van der Waals surface area (Å²) in [5.41, 5.74) is 0.741. The minimum Gasteiger partial charge on any atom is -0.383 e. The molecule has 3 heterocycles. The number of piperazine rings is 1. The molecule has 2 aliphatic heterocycles. The lowest BCUT2D eigenvalue weighted by Crippen LogP contribution is -2.48. The van der Waals surface area contributed by atoms with Crippen molar-refractivity contribution >= 4 is 11.6 Å². The van der Waals surface area contributed by atoms with Crippen molar-refractivity contribution in [3.8, 4) is 0 Å². The largest absolute Gasteiger partial charge is 0.383 e. The topological polar surface area (TPSA) is 70.9 Å². The molecule has 0 aliphatic carbocycles. The quantitative estimate of drug-likeness (QED) is 0.709. The van der Waals surface area contributed by atoms with Crippen molar-refractivity contribution in [1.29, 1.82) is 0 Å². The zero-order chi connectivity index (χ0) is 19.2. The number of hydrogen-bond donors (Lipinski definition) is 0. The van der Waals surface area contributed by atoms with E-state index in [4.69, 9.17) is 4.74 Å². The van der Waals surface area contributed by atoms with E-state index in [1.165, 1.54) is 4.68 Å². The van der Waals surface area contributed by atoms with Gasteiger partial charge in [-0.15, -0.1) is 0 Å². The molecule has 0 bridgehead atoms. The number of aromatic nitrogens is 2. The van der Waals surface area contributed by atoms with Crippen LogP contribution < -0.4 is 10.5 Å². The summed E-state index contributed by atoms with van der Waals surface area (Å²) in [5.74, 6) is 0.602. The van der Waals surface area contributed by atoms with Crippen LogP contribution in [0.25, 0.3) is 0 Å². The summed E-state index contributed by atoms with van der Waals surface area (Å²) in [6, 6.07) is 1.65. The molecular formula is C19H31N5O3. The van der Waals surface area contributed by atoms with Crippen LogP contribution in [0.3, 0.4) is 0 Å². The Morgan fingerprint density at radius 1 is 1.26 bits per heavy atom. The molecule has 1 atom stereocenters. The highest BCUT2D eigenvalue weighted by molar-refractivity contribution is 5.76. The Kier molecular flexibility index (Phi) is 6.84. The third kappa shape index (κ3) is 5.29. The van der Waals surface area contributed by atoms with Crippen molar-refractivity contribution in [2.45, 2.75) is 25.8 Å². The first-order valence-electron chi connectivity index (χ1n) is 9.84. The first-order chi connectivity index (χ1) is 13.1. The molecule has 0 saturated carbocycles. The van der Waals surface area contributed by atoms with E-state index in [0.717, 1.165) is 57.8 Å². The Bertz CT molecular complexity index is 684. The average Bonchev–Trinajstić information content (AvgIpc) is 2.67. The summed E-state index contributed by atoms with van der Waals surface area (Å²) in [7, 11) is 3.70. The molecule has 0 aromatic carbocycles. The third-order valence-corrected chi connectivity index (χ3v) is 5.57. The fraction of sp³-hybridized carbons (Fsp3) is 0.737. The van der Waals surface area contributed by atoms with Gasteiger partial charge in [0, 0.05) is 58.9 Å². The van der Waals surface area contributed by atoms with Crippen molar-refractivity contribution in [1.82, 2.24) is 19.6 Å². The lowest BCUT2D eigenvalue weighted by Gasteiger charge is -2.36. The van der Waals surface area contributed by atoms with E-state index < -0.39 is 0 Å². The first-order valence-corrected chi connectivity index (χ1v) is 9.84. The van der Waals surface area contributed by atoms with Gasteiger partial charge in [0.2, 0.25) is 5.91 Å². The van der Waals surface area contributed by atoms with Gasteiger partial charge in [0.1, 0.15) is 0 Å². The van der Waals surface area contributed by atoms with Crippen LogP contribution in [0.15, 0.2) is 17.1 Å². The molecule has 1 aromatic rings. The number of anilines is 1. The third-order valence-electron chi connectivity index (χ3n) is 5.57. The molecule has 1 aromatic heterocycles. The zero-order valence-electron chi connectivity index (χ0n) is 16.5. The molecule has 0 spiro atoms. The van der Waals surface area contributed by atoms with Crippen LogP contribution in [0.1, 0.15) is 19.3 Å². The van der Waals surface area contributed by atoms with Gasteiger partial charge >= 0.3 is 0 Å². The molecule has 2 saturated heterocycles. The SMILES string of the molecule is COCCn1ncc(N2CCCC(CC(=O)N3CCN(C)CC3)C2)cc1=O. The molecule has 27 heavy (non-hydrogen) atoms. The number of rotatable bonds is 6. The summed E-state index contributed by atoms with van der Waals surface area (Å²) < 4.78 is 6.43. The second-order valence-corrected chi connectivity index (χ2v) is 7.61. The maximum absolute atomic E-state index is 12.6. The van der Waals surface area contributed by atoms with Gasteiger partial charge in [-0.3, -0.25) is 9.59 Å². The van der Waals surface area contributed by atoms with Gasteiger partial charge in [0.25, 0.3) is 5.56 Å². The second-order valence-electron chi connectivity index (χ2n) is 7.61. The van der Waals surface area contributed by atoms with E-state index in [1.807, 2.05) is 4.90 Å². The van der Waals surface area contributed by atoms with Crippen LogP contribution in [-0.2, 0) is 16.1 Å². The highest BCUT2D eigenvalue weighted by Gasteiger charge is 2.26. The number of amides is 1. The van der Waals surface area contributed by atoms with E-state index >= 15 is 0 Å². The van der Waals surface area contributed by atoms with E-state index in [2.05, 4.69) is 21.9 Å². The molecule has 2 fully saturated rings. The highest BCUT2D eigenvalue weighted by Crippen LogP contribution is 2.24. The van der Waals surface area contributed by atoms with Gasteiger partial charge in [-0.2, -0.15) is 5.10 Å². The zero-order valence-corrected chi connectivity index (χ0v) is 16.5. The maximum atomic E-state index is 12.6. The van der Waals surface area contributed by atoms with Gasteiger partial charge in [0.15, 0.2) is 0 Å². The Morgan fingerprint density at radius 2 is 2.04 bits per heavy atom. The van der Waals surface area contributed by atoms with Gasteiger partial charge in [0.05, 0.1) is 25.0 Å². The highest BCUT2D eigenvalue weighted by atomic mass is 16.5. The summed E-state index contributed by atoms with van der Waals surface area (Å²) in [5, 5.41) is 4.26. The number of methoxy groups -OCH3 is 1. The van der Waals surface area contributed by atoms with Gasteiger partial charge in [-0.05, 0) is 25.8 Å². The molecule has 3 rings (SSSR count). The normalized spacial score (nSPS) is 21.5. The van der Waals surface area contributed by atoms with Crippen LogP contribution in [-0.4, -0.2) is 85.5 Å². The van der Waals surface area contributed by atoms with Gasteiger partial charge in [-0.25, -0.2) is 4.68 Å². The van der Waals surface area contributed by atoms with E-state index in [-0.39, 0.29) is 11.5 Å². The van der Waals surface area contributed by atoms with Crippen LogP contribution in [0.4, 0.5) is 5.69 Å². The minimum absolute atomic E-state index is 0.111. The Morgan fingerprint density at radius 3 is 2.74 bits per heavy atom. The van der Waals surface area contributed by atoms with E-state index in [1.54, 1.807) is 19.4 Å². The average molecular weight is 377 g/mol. The summed E-state index contributed by atoms with van der Waals surface area (Å²) >= 11 is 0. The number of ether oxygens (including phenoxy) is 1. The van der Waals surface area contributed by atoms with Crippen LogP contribution in [0.5, 0.6) is 0 Å². The molecule has 8 nitrogen and oxygen atoms in total. The molecule has 2 aliphatic rings. The van der Waals surface area contributed by atoms with Crippen molar-refractivity contribution in [2.75, 3.05) is 64.9 Å². The first kappa shape index (κ1) is 19.8. The smallest absolute Gasteiger partial charge is 0.268 e. The molecular weight excluding hydrogens is 346 g/mol. The fourth-order valence-corrected chi connectivity index (χ4v) is 3.84. The fourth-order valence-electron chi connectivity index (χ4n) is 3.84. The number of hydrogen-bond acceptors (Lipinski definition) is 6. The van der Waals surface area contributed by atoms with Crippen LogP contribution in [0.2, 0.25) is 0 Å². The summed E-state index contributed by atoms with van der Waals surface area (Å²) in [6.07, 6.45) is 4.45. The van der Waals surface area contributed by atoms with Gasteiger partial charge in [-0.1, -0.05) is 0 Å². The van der Waals surface area contributed by atoms with Crippen LogP contribution in [0, 0.1) is 5.92 Å². The van der Waals surface area contributed by atoms with E-state index in [9.17, 15) is 9.59 Å². The molecule has 1 amide bonds. The van der Waals surface area contributed by atoms with Crippen molar-refractivity contribution in [2.24, 2.45) is 5.92 Å². The number of likely N-dealkylation sites (N-methyl/N-ethyl adjacent to an activating group) is 1. The molecule has 0 radical (unpaired) electrons. The van der Waals surface area contributed by atoms with Gasteiger partial charge < -0.3 is 19.4 Å². The lowest BCUT2D eigenvalue weighted by atomic mass is 9.94. The lowest BCUT2D eigenvalue weighted by molar-refractivity contribution is -0.133. The summed E-state index contributed by atoms with van der Waals surface area (Å²) in [6.45, 7) is 6.20. The minimum atomic E-state index is -0.111. The second kappa shape index (κ2) is 9.32. The Labute approximate surface area is 160 Å². The van der Waals surface area contributed by atoms with E-state index in [0.29, 0.717) is 25.5 Å². The summed E-state index contributed by atoms with van der Waals surface area (Å²) in [4.78, 5) is 31.3. The predicted octanol–water partition coefficient (Wildman–Crippen LogP) is 0.270. The monoisotopic (exact) mass is 377 g/mol. The number of nitrogens with zero attached hydrogens (tertiary/aromatic N) is 5. The molecule has 150 valence electrons. The van der Waals surface area contributed by atoms with Crippen molar-refractivity contribution in [3.05, 3.63) is 22.6 Å². The number of piperidine rings is 1.